The molecule has 4 aromatic rings. The van der Waals surface area contributed by atoms with Crippen LogP contribution in [0.1, 0.15) is 15.9 Å². The standard InChI is InChI=1S/C24H19Cl2F2N5O2/c25-18-8-4-10-20(27)16(18)12-29-23-31-24(30-13-17-19(26)9-5-11-21(17)28)33(32-23)22(34)14-35-15-6-2-1-3-7-15/h1-11H,12-14H2,(H2,29,30,31,32). The Morgan fingerprint density at radius 1 is 0.857 bits per heavy atom. The first kappa shape index (κ1) is 24.4. The first-order valence-electron chi connectivity index (χ1n) is 10.4. The second kappa shape index (κ2) is 11.2. The van der Waals surface area contributed by atoms with E-state index in [9.17, 15) is 13.6 Å². The van der Waals surface area contributed by atoms with Gasteiger partial charge in [0.05, 0.1) is 0 Å². The molecule has 0 aliphatic carbocycles. The third-order valence-corrected chi connectivity index (χ3v) is 5.63. The van der Waals surface area contributed by atoms with Gasteiger partial charge < -0.3 is 15.4 Å². The third-order valence-electron chi connectivity index (χ3n) is 4.92. The zero-order valence-corrected chi connectivity index (χ0v) is 19.7. The second-order valence-electron chi connectivity index (χ2n) is 7.27. The minimum atomic E-state index is -0.541. The molecule has 0 saturated heterocycles. The number of aromatic nitrogens is 3. The number of hydrogen-bond acceptors (Lipinski definition) is 6. The molecule has 0 saturated carbocycles. The highest BCUT2D eigenvalue weighted by molar-refractivity contribution is 6.31. The van der Waals surface area contributed by atoms with Gasteiger partial charge in [0.15, 0.2) is 6.61 Å². The highest BCUT2D eigenvalue weighted by Crippen LogP contribution is 2.22. The molecule has 0 aliphatic heterocycles. The Hall–Kier alpha value is -3.69. The van der Waals surface area contributed by atoms with Gasteiger partial charge in [0.25, 0.3) is 5.91 Å². The smallest absolute Gasteiger partial charge is 0.288 e. The number of carbonyl (C=O) groups is 1. The van der Waals surface area contributed by atoms with Crippen LogP contribution in [0.3, 0.4) is 0 Å². The number of hydrogen-bond donors (Lipinski definition) is 2. The number of rotatable bonds is 9. The fraction of sp³-hybridized carbons (Fsp3) is 0.125. The quantitative estimate of drug-likeness (QED) is 0.291. The molecule has 0 fully saturated rings. The predicted octanol–water partition coefficient (Wildman–Crippen LogP) is 5.81. The summed E-state index contributed by atoms with van der Waals surface area (Å²) in [5.74, 6) is -0.999. The molecule has 1 heterocycles. The van der Waals surface area contributed by atoms with Crippen molar-refractivity contribution in [3.8, 4) is 5.75 Å². The first-order valence-corrected chi connectivity index (χ1v) is 11.2. The number of nitrogens with zero attached hydrogens (tertiary/aromatic N) is 3. The van der Waals surface area contributed by atoms with Gasteiger partial charge in [-0.2, -0.15) is 9.67 Å². The molecule has 0 amide bonds. The van der Waals surface area contributed by atoms with Crippen LogP contribution < -0.4 is 15.4 Å². The van der Waals surface area contributed by atoms with Crippen molar-refractivity contribution in [3.63, 3.8) is 0 Å². The summed E-state index contributed by atoms with van der Waals surface area (Å²) < 4.78 is 34.8. The summed E-state index contributed by atoms with van der Waals surface area (Å²) in [7, 11) is 0. The van der Waals surface area contributed by atoms with Gasteiger partial charge in [-0.1, -0.05) is 53.5 Å². The highest BCUT2D eigenvalue weighted by atomic mass is 35.5. The van der Waals surface area contributed by atoms with Gasteiger partial charge >= 0.3 is 0 Å². The Bertz CT molecular complexity index is 1290. The van der Waals surface area contributed by atoms with Crippen molar-refractivity contribution < 1.29 is 18.3 Å². The molecule has 0 spiro atoms. The molecule has 11 heteroatoms. The molecule has 4 rings (SSSR count). The number of benzene rings is 3. The van der Waals surface area contributed by atoms with E-state index in [1.54, 1.807) is 36.4 Å². The van der Waals surface area contributed by atoms with Gasteiger partial charge in [-0.25, -0.2) is 8.78 Å². The molecule has 7 nitrogen and oxygen atoms in total. The molecule has 0 unspecified atom stereocenters. The van der Waals surface area contributed by atoms with Crippen LogP contribution in [0, 0.1) is 11.6 Å². The molecule has 0 radical (unpaired) electrons. The van der Waals surface area contributed by atoms with E-state index >= 15 is 0 Å². The van der Waals surface area contributed by atoms with Crippen molar-refractivity contribution >= 4 is 41.0 Å². The molecule has 0 aliphatic rings. The van der Waals surface area contributed by atoms with E-state index in [4.69, 9.17) is 27.9 Å². The maximum atomic E-state index is 14.2. The number of carbonyl (C=O) groups excluding carboxylic acids is 1. The lowest BCUT2D eigenvalue weighted by Crippen LogP contribution is -2.23. The minimum absolute atomic E-state index is 0.0214. The van der Waals surface area contributed by atoms with E-state index in [0.29, 0.717) is 5.75 Å². The minimum Gasteiger partial charge on any atom is -0.484 e. The Balaban J connectivity index is 1.54. The average Bonchev–Trinajstić information content (AvgIpc) is 3.26. The molecule has 2 N–H and O–H groups in total. The molecule has 0 bridgehead atoms. The van der Waals surface area contributed by atoms with Crippen LogP contribution in [-0.4, -0.2) is 27.3 Å². The zero-order valence-electron chi connectivity index (χ0n) is 18.1. The number of anilines is 2. The zero-order chi connectivity index (χ0) is 24.8. The van der Waals surface area contributed by atoms with Gasteiger partial charge in [-0.05, 0) is 36.4 Å². The van der Waals surface area contributed by atoms with E-state index in [-0.39, 0.29) is 52.8 Å². The molecular weight excluding hydrogens is 499 g/mol. The number of para-hydroxylation sites is 1. The topological polar surface area (TPSA) is 81.1 Å². The lowest BCUT2D eigenvalue weighted by Gasteiger charge is -2.10. The molecule has 3 aromatic carbocycles. The van der Waals surface area contributed by atoms with Crippen molar-refractivity contribution in [1.82, 2.24) is 14.8 Å². The van der Waals surface area contributed by atoms with Gasteiger partial charge in [-0.3, -0.25) is 4.79 Å². The molecule has 35 heavy (non-hydrogen) atoms. The Labute approximate surface area is 209 Å². The molecule has 180 valence electrons. The predicted molar refractivity (Wildman–Crippen MR) is 130 cm³/mol. The number of ether oxygens (including phenoxy) is 1. The van der Waals surface area contributed by atoms with Crippen LogP contribution in [0.15, 0.2) is 66.7 Å². The van der Waals surface area contributed by atoms with Gasteiger partial charge in [0, 0.05) is 34.3 Å². The fourth-order valence-electron chi connectivity index (χ4n) is 3.14. The van der Waals surface area contributed by atoms with Gasteiger partial charge in [-0.15, -0.1) is 5.10 Å². The Kier molecular flexibility index (Phi) is 7.79. The summed E-state index contributed by atoms with van der Waals surface area (Å²) in [4.78, 5) is 17.1. The van der Waals surface area contributed by atoms with Crippen molar-refractivity contribution in [1.29, 1.82) is 0 Å². The maximum absolute atomic E-state index is 14.2. The second-order valence-corrected chi connectivity index (χ2v) is 8.09. The summed E-state index contributed by atoms with van der Waals surface area (Å²) in [6.45, 7) is -0.417. The van der Waals surface area contributed by atoms with Crippen LogP contribution >= 0.6 is 23.2 Å². The summed E-state index contributed by atoms with van der Waals surface area (Å²) >= 11 is 12.2. The summed E-state index contributed by atoms with van der Waals surface area (Å²) in [6.07, 6.45) is 0. The van der Waals surface area contributed by atoms with Gasteiger partial charge in [0.1, 0.15) is 17.4 Å². The van der Waals surface area contributed by atoms with Crippen molar-refractivity contribution in [2.45, 2.75) is 13.1 Å². The average molecular weight is 518 g/mol. The van der Waals surface area contributed by atoms with E-state index in [1.165, 1.54) is 24.3 Å². The Morgan fingerprint density at radius 3 is 2.06 bits per heavy atom. The van der Waals surface area contributed by atoms with E-state index in [1.807, 2.05) is 6.07 Å². The largest absolute Gasteiger partial charge is 0.484 e. The van der Waals surface area contributed by atoms with Crippen molar-refractivity contribution in [2.24, 2.45) is 0 Å². The fourth-order valence-corrected chi connectivity index (χ4v) is 3.60. The highest BCUT2D eigenvalue weighted by Gasteiger charge is 2.19. The van der Waals surface area contributed by atoms with Crippen LogP contribution in [0.4, 0.5) is 20.7 Å². The van der Waals surface area contributed by atoms with Crippen LogP contribution in [-0.2, 0) is 13.1 Å². The first-order chi connectivity index (χ1) is 16.9. The normalized spacial score (nSPS) is 10.7. The number of halogens is 4. The van der Waals surface area contributed by atoms with Crippen molar-refractivity contribution in [3.05, 3.63) is 99.5 Å². The van der Waals surface area contributed by atoms with Crippen molar-refractivity contribution in [2.75, 3.05) is 17.2 Å². The van der Waals surface area contributed by atoms with E-state index in [0.717, 1.165) is 4.68 Å². The van der Waals surface area contributed by atoms with Crippen LogP contribution in [0.2, 0.25) is 10.0 Å². The SMILES string of the molecule is O=C(COc1ccccc1)n1nc(NCc2c(F)cccc2Cl)nc1NCc1c(F)cccc1Cl. The monoisotopic (exact) mass is 517 g/mol. The van der Waals surface area contributed by atoms with Gasteiger partial charge in [0.2, 0.25) is 11.9 Å². The summed E-state index contributed by atoms with van der Waals surface area (Å²) in [5, 5.41) is 10.3. The maximum Gasteiger partial charge on any atom is 0.288 e. The number of nitrogens with one attached hydrogen (secondary N) is 2. The Morgan fingerprint density at radius 2 is 1.46 bits per heavy atom. The molecule has 1 aromatic heterocycles. The van der Waals surface area contributed by atoms with Crippen LogP contribution in [0.25, 0.3) is 0 Å². The molecule has 0 atom stereocenters. The molecular formula is C24H19Cl2F2N5O2. The van der Waals surface area contributed by atoms with E-state index in [2.05, 4.69) is 20.7 Å². The lowest BCUT2D eigenvalue weighted by molar-refractivity contribution is 0.0824. The lowest BCUT2D eigenvalue weighted by atomic mass is 10.2. The third kappa shape index (κ3) is 6.06. The summed E-state index contributed by atoms with van der Waals surface area (Å²) in [5.41, 5.74) is 0.418. The summed E-state index contributed by atoms with van der Waals surface area (Å²) in [6, 6.07) is 17.4. The van der Waals surface area contributed by atoms with E-state index < -0.39 is 17.5 Å². The van der Waals surface area contributed by atoms with Crippen LogP contribution in [0.5, 0.6) is 5.75 Å².